The van der Waals surface area contributed by atoms with E-state index in [0.717, 1.165) is 28.1 Å². The molecule has 32 heavy (non-hydrogen) atoms. The molecule has 1 unspecified atom stereocenters. The summed E-state index contributed by atoms with van der Waals surface area (Å²) < 4.78 is 5.11. The second kappa shape index (κ2) is 8.96. The Hall–Kier alpha value is -3.46. The lowest BCUT2D eigenvalue weighted by Crippen LogP contribution is -2.46. The average Bonchev–Trinajstić information content (AvgIpc) is 3.45. The number of likely N-dealkylation sites (tertiary alicyclic amines) is 1. The van der Waals surface area contributed by atoms with Gasteiger partial charge in [0, 0.05) is 36.8 Å². The van der Waals surface area contributed by atoms with Gasteiger partial charge >= 0.3 is 0 Å². The SMILES string of the molecule is Cc1cc(CC(=O)N2CC(O)C[C@H]2C(=O)NCc2ccc(-c3c(C)n[nH]c3C)cc2)on1. The van der Waals surface area contributed by atoms with Crippen LogP contribution in [0, 0.1) is 20.8 Å². The van der Waals surface area contributed by atoms with E-state index < -0.39 is 12.1 Å². The highest BCUT2D eigenvalue weighted by atomic mass is 16.5. The summed E-state index contributed by atoms with van der Waals surface area (Å²) in [5.74, 6) is -0.112. The van der Waals surface area contributed by atoms with E-state index in [1.807, 2.05) is 38.1 Å². The number of carbonyl (C=O) groups excluding carboxylic acids is 2. The second-order valence-electron chi connectivity index (χ2n) is 8.29. The number of aryl methyl sites for hydroxylation is 3. The number of carbonyl (C=O) groups is 2. The molecular weight excluding hydrogens is 410 g/mol. The largest absolute Gasteiger partial charge is 0.391 e. The quantitative estimate of drug-likeness (QED) is 0.540. The van der Waals surface area contributed by atoms with Crippen LogP contribution in [0.4, 0.5) is 0 Å². The number of rotatable bonds is 6. The third kappa shape index (κ3) is 4.57. The minimum Gasteiger partial charge on any atom is -0.391 e. The van der Waals surface area contributed by atoms with Gasteiger partial charge in [-0.15, -0.1) is 0 Å². The Labute approximate surface area is 185 Å². The molecule has 1 aliphatic heterocycles. The van der Waals surface area contributed by atoms with E-state index in [2.05, 4.69) is 20.7 Å². The Morgan fingerprint density at radius 3 is 2.62 bits per heavy atom. The van der Waals surface area contributed by atoms with Crippen molar-refractivity contribution in [1.82, 2.24) is 25.6 Å². The molecule has 0 spiro atoms. The van der Waals surface area contributed by atoms with Gasteiger partial charge in [0.2, 0.25) is 11.8 Å². The highest BCUT2D eigenvalue weighted by Gasteiger charge is 2.38. The predicted octanol–water partition coefficient (Wildman–Crippen LogP) is 1.81. The molecule has 168 valence electrons. The van der Waals surface area contributed by atoms with E-state index in [4.69, 9.17) is 4.52 Å². The maximum absolute atomic E-state index is 12.8. The zero-order valence-corrected chi connectivity index (χ0v) is 18.4. The van der Waals surface area contributed by atoms with Crippen molar-refractivity contribution in [3.8, 4) is 11.1 Å². The minimum atomic E-state index is -0.730. The summed E-state index contributed by atoms with van der Waals surface area (Å²) in [4.78, 5) is 26.9. The van der Waals surface area contributed by atoms with Crippen LogP contribution in [0.1, 0.15) is 34.8 Å². The number of nitrogens with zero attached hydrogens (tertiary/aromatic N) is 3. The molecular formula is C23H27N5O4. The fourth-order valence-electron chi connectivity index (χ4n) is 4.16. The summed E-state index contributed by atoms with van der Waals surface area (Å²) in [7, 11) is 0. The molecule has 1 aromatic carbocycles. The molecule has 3 N–H and O–H groups in total. The molecule has 0 radical (unpaired) electrons. The van der Waals surface area contributed by atoms with E-state index >= 15 is 0 Å². The number of amides is 2. The molecule has 1 fully saturated rings. The van der Waals surface area contributed by atoms with Gasteiger partial charge in [0.1, 0.15) is 11.8 Å². The summed E-state index contributed by atoms with van der Waals surface area (Å²) in [5, 5.41) is 24.0. The molecule has 0 aliphatic carbocycles. The smallest absolute Gasteiger partial charge is 0.243 e. The van der Waals surface area contributed by atoms with Crippen molar-refractivity contribution in [2.24, 2.45) is 0 Å². The van der Waals surface area contributed by atoms with Crippen LogP contribution in [0.5, 0.6) is 0 Å². The molecule has 1 saturated heterocycles. The van der Waals surface area contributed by atoms with Crippen molar-refractivity contribution in [2.45, 2.75) is 52.3 Å². The highest BCUT2D eigenvalue weighted by molar-refractivity contribution is 5.89. The fourth-order valence-corrected chi connectivity index (χ4v) is 4.16. The molecule has 1 aliphatic rings. The van der Waals surface area contributed by atoms with E-state index in [1.54, 1.807) is 13.0 Å². The summed E-state index contributed by atoms with van der Waals surface area (Å²) >= 11 is 0. The van der Waals surface area contributed by atoms with Gasteiger partial charge in [0.25, 0.3) is 0 Å². The maximum atomic E-state index is 12.8. The fraction of sp³-hybridized carbons (Fsp3) is 0.391. The number of hydrogen-bond acceptors (Lipinski definition) is 6. The van der Waals surface area contributed by atoms with Crippen LogP contribution in [0.3, 0.4) is 0 Å². The van der Waals surface area contributed by atoms with Crippen molar-refractivity contribution in [2.75, 3.05) is 6.54 Å². The van der Waals surface area contributed by atoms with Crippen molar-refractivity contribution >= 4 is 11.8 Å². The van der Waals surface area contributed by atoms with Crippen molar-refractivity contribution in [3.63, 3.8) is 0 Å². The lowest BCUT2D eigenvalue weighted by molar-refractivity contribution is -0.138. The first kappa shape index (κ1) is 21.8. The lowest BCUT2D eigenvalue weighted by Gasteiger charge is -2.23. The van der Waals surface area contributed by atoms with Gasteiger partial charge in [-0.3, -0.25) is 14.7 Å². The standard InChI is InChI=1S/C23H27N5O4/c1-13-8-19(32-27-13)10-21(30)28-12-18(29)9-20(28)23(31)24-11-16-4-6-17(7-5-16)22-14(2)25-26-15(22)3/h4-8,18,20,29H,9-12H2,1-3H3,(H,24,31)(H,25,26)/t18?,20-/m0/s1. The first-order valence-electron chi connectivity index (χ1n) is 10.6. The van der Waals surface area contributed by atoms with Gasteiger partial charge in [-0.2, -0.15) is 5.10 Å². The summed E-state index contributed by atoms with van der Waals surface area (Å²) in [6, 6.07) is 8.90. The molecule has 4 rings (SSSR count). The number of aromatic nitrogens is 3. The number of benzene rings is 1. The third-order valence-corrected chi connectivity index (χ3v) is 5.74. The van der Waals surface area contributed by atoms with E-state index in [9.17, 15) is 14.7 Å². The normalized spacial score (nSPS) is 18.2. The van der Waals surface area contributed by atoms with Crippen LogP contribution in [-0.2, 0) is 22.6 Å². The Morgan fingerprint density at radius 2 is 2.00 bits per heavy atom. The number of aromatic amines is 1. The minimum absolute atomic E-state index is 0.00560. The number of hydrogen-bond donors (Lipinski definition) is 3. The van der Waals surface area contributed by atoms with Crippen LogP contribution >= 0.6 is 0 Å². The molecule has 2 amide bonds. The Balaban J connectivity index is 1.37. The second-order valence-corrected chi connectivity index (χ2v) is 8.29. The van der Waals surface area contributed by atoms with Gasteiger partial charge in [0.15, 0.2) is 0 Å². The molecule has 2 aromatic heterocycles. The third-order valence-electron chi connectivity index (χ3n) is 5.74. The molecule has 2 atom stereocenters. The van der Waals surface area contributed by atoms with Crippen LogP contribution in [-0.4, -0.2) is 55.9 Å². The zero-order chi connectivity index (χ0) is 22.8. The number of β-amino-alcohol motifs (C(OH)–C–C–N with tert-alkyl or cyclic N) is 1. The van der Waals surface area contributed by atoms with E-state index in [1.165, 1.54) is 4.90 Å². The average molecular weight is 438 g/mol. The Bertz CT molecular complexity index is 1100. The predicted molar refractivity (Wildman–Crippen MR) is 116 cm³/mol. The summed E-state index contributed by atoms with van der Waals surface area (Å²) in [6.45, 7) is 6.17. The Kier molecular flexibility index (Phi) is 6.09. The number of H-pyrrole nitrogens is 1. The van der Waals surface area contributed by atoms with Crippen molar-refractivity contribution in [1.29, 1.82) is 0 Å². The van der Waals surface area contributed by atoms with Crippen molar-refractivity contribution in [3.05, 3.63) is 58.7 Å². The molecule has 0 bridgehead atoms. The van der Waals surface area contributed by atoms with Crippen LogP contribution in [0.15, 0.2) is 34.9 Å². The van der Waals surface area contributed by atoms with Gasteiger partial charge in [0.05, 0.1) is 23.9 Å². The molecule has 9 heteroatoms. The summed E-state index contributed by atoms with van der Waals surface area (Å²) in [5.41, 5.74) is 5.71. The number of nitrogens with one attached hydrogen (secondary N) is 2. The number of aliphatic hydroxyl groups excluding tert-OH is 1. The van der Waals surface area contributed by atoms with Crippen molar-refractivity contribution < 1.29 is 19.2 Å². The molecule has 3 aromatic rings. The number of aliphatic hydroxyl groups is 1. The topological polar surface area (TPSA) is 124 Å². The molecule has 9 nitrogen and oxygen atoms in total. The summed E-state index contributed by atoms with van der Waals surface area (Å²) in [6.07, 6.45) is -0.511. The first-order chi connectivity index (χ1) is 15.3. The van der Waals surface area contributed by atoms with Crippen LogP contribution in [0.25, 0.3) is 11.1 Å². The van der Waals surface area contributed by atoms with E-state index in [0.29, 0.717) is 18.0 Å². The van der Waals surface area contributed by atoms with E-state index in [-0.39, 0.29) is 31.2 Å². The highest BCUT2D eigenvalue weighted by Crippen LogP contribution is 2.25. The monoisotopic (exact) mass is 437 g/mol. The molecule has 3 heterocycles. The van der Waals surface area contributed by atoms with Gasteiger partial charge in [-0.1, -0.05) is 29.4 Å². The molecule has 0 saturated carbocycles. The van der Waals surface area contributed by atoms with Crippen LogP contribution < -0.4 is 5.32 Å². The van der Waals surface area contributed by atoms with Gasteiger partial charge in [-0.05, 0) is 31.9 Å². The zero-order valence-electron chi connectivity index (χ0n) is 18.4. The lowest BCUT2D eigenvalue weighted by atomic mass is 10.0. The van der Waals surface area contributed by atoms with Gasteiger partial charge < -0.3 is 19.8 Å². The first-order valence-corrected chi connectivity index (χ1v) is 10.6. The van der Waals surface area contributed by atoms with Gasteiger partial charge in [-0.25, -0.2) is 0 Å². The Morgan fingerprint density at radius 1 is 1.25 bits per heavy atom. The van der Waals surface area contributed by atoms with Crippen LogP contribution in [0.2, 0.25) is 0 Å². The maximum Gasteiger partial charge on any atom is 0.243 e.